The molecule has 0 bridgehead atoms. The van der Waals surface area contributed by atoms with E-state index in [1.165, 1.54) is 6.92 Å². The number of hydrogen-bond acceptors (Lipinski definition) is 3. The average Bonchev–Trinajstić information content (AvgIpc) is 2.55. The van der Waals surface area contributed by atoms with Crippen LogP contribution in [0, 0.1) is 0 Å². The summed E-state index contributed by atoms with van der Waals surface area (Å²) in [6.07, 6.45) is 0.212. The molecule has 1 aliphatic rings. The van der Waals surface area contributed by atoms with E-state index in [1.807, 2.05) is 24.3 Å². The molecule has 1 fully saturated rings. The maximum absolute atomic E-state index is 12.6. The van der Waals surface area contributed by atoms with Crippen LogP contribution in [0.4, 0.5) is 0 Å². The van der Waals surface area contributed by atoms with Gasteiger partial charge in [0.1, 0.15) is 5.75 Å². The molecule has 26 heavy (non-hydrogen) atoms. The second-order valence-electron chi connectivity index (χ2n) is 6.60. The highest BCUT2D eigenvalue weighted by molar-refractivity contribution is 6.30. The highest BCUT2D eigenvalue weighted by Crippen LogP contribution is 2.30. The third-order valence-corrected chi connectivity index (χ3v) is 4.88. The Labute approximate surface area is 157 Å². The number of nitrogens with zero attached hydrogens (tertiary/aromatic N) is 1. The van der Waals surface area contributed by atoms with Crippen molar-refractivity contribution in [3.05, 3.63) is 64.7 Å². The van der Waals surface area contributed by atoms with E-state index in [0.29, 0.717) is 18.1 Å². The van der Waals surface area contributed by atoms with Crippen LogP contribution in [0.3, 0.4) is 0 Å². The van der Waals surface area contributed by atoms with Gasteiger partial charge in [-0.3, -0.25) is 9.59 Å². The van der Waals surface area contributed by atoms with Gasteiger partial charge in [-0.1, -0.05) is 35.9 Å². The molecule has 5 nitrogen and oxygen atoms in total. The number of amides is 2. The molecule has 1 aliphatic heterocycles. The van der Waals surface area contributed by atoms with E-state index < -0.39 is 0 Å². The van der Waals surface area contributed by atoms with Gasteiger partial charge in [0.2, 0.25) is 11.8 Å². The third-order valence-electron chi connectivity index (χ3n) is 4.63. The van der Waals surface area contributed by atoms with E-state index in [0.717, 1.165) is 11.1 Å². The third kappa shape index (κ3) is 4.35. The van der Waals surface area contributed by atoms with Gasteiger partial charge in [0.05, 0.1) is 12.5 Å². The molecule has 1 atom stereocenters. The summed E-state index contributed by atoms with van der Waals surface area (Å²) >= 11 is 5.92. The summed E-state index contributed by atoms with van der Waals surface area (Å²) in [5.41, 5.74) is 1.97. The van der Waals surface area contributed by atoms with Crippen molar-refractivity contribution in [1.82, 2.24) is 10.2 Å². The molecular weight excluding hydrogens is 352 g/mol. The zero-order chi connectivity index (χ0) is 18.7. The highest BCUT2D eigenvalue weighted by atomic mass is 35.5. The molecule has 2 amide bonds. The largest absolute Gasteiger partial charge is 0.508 e. The van der Waals surface area contributed by atoms with Crippen LogP contribution >= 0.6 is 11.6 Å². The van der Waals surface area contributed by atoms with Gasteiger partial charge in [0.25, 0.3) is 0 Å². The number of carbonyl (C=O) groups is 2. The topological polar surface area (TPSA) is 69.6 Å². The predicted octanol–water partition coefficient (Wildman–Crippen LogP) is 3.24. The number of hydrogen-bond donors (Lipinski definition) is 2. The van der Waals surface area contributed by atoms with Gasteiger partial charge in [-0.25, -0.2) is 0 Å². The lowest BCUT2D eigenvalue weighted by Crippen LogP contribution is -2.49. The number of rotatable bonds is 5. The van der Waals surface area contributed by atoms with Crippen LogP contribution in [0.1, 0.15) is 36.4 Å². The summed E-state index contributed by atoms with van der Waals surface area (Å²) in [7, 11) is 0. The highest BCUT2D eigenvalue weighted by Gasteiger charge is 2.32. The predicted molar refractivity (Wildman–Crippen MR) is 100 cm³/mol. The summed E-state index contributed by atoms with van der Waals surface area (Å²) in [5.74, 6) is 0.355. The fourth-order valence-corrected chi connectivity index (χ4v) is 3.26. The van der Waals surface area contributed by atoms with Gasteiger partial charge in [0, 0.05) is 31.0 Å². The zero-order valence-corrected chi connectivity index (χ0v) is 15.2. The Morgan fingerprint density at radius 3 is 2.35 bits per heavy atom. The summed E-state index contributed by atoms with van der Waals surface area (Å²) in [6, 6.07) is 13.9. The Morgan fingerprint density at radius 1 is 1.15 bits per heavy atom. The number of phenolic OH excluding ortho intramolecular Hbond substituents is 1. The molecule has 0 aliphatic carbocycles. The maximum Gasteiger partial charge on any atom is 0.225 e. The molecule has 0 aromatic heterocycles. The van der Waals surface area contributed by atoms with Crippen LogP contribution in [-0.4, -0.2) is 34.9 Å². The molecule has 2 aromatic rings. The normalized spacial score (nSPS) is 15.2. The van der Waals surface area contributed by atoms with Gasteiger partial charge in [-0.15, -0.1) is 0 Å². The Morgan fingerprint density at radius 2 is 1.77 bits per heavy atom. The second-order valence-corrected chi connectivity index (χ2v) is 7.03. The molecule has 1 heterocycles. The second kappa shape index (κ2) is 7.79. The van der Waals surface area contributed by atoms with Crippen molar-refractivity contribution in [1.29, 1.82) is 0 Å². The van der Waals surface area contributed by atoms with E-state index in [1.54, 1.807) is 29.2 Å². The first-order valence-corrected chi connectivity index (χ1v) is 8.89. The molecule has 3 rings (SSSR count). The lowest BCUT2D eigenvalue weighted by Gasteiger charge is -2.40. The van der Waals surface area contributed by atoms with E-state index in [9.17, 15) is 14.7 Å². The summed E-state index contributed by atoms with van der Waals surface area (Å²) in [5, 5.41) is 12.8. The van der Waals surface area contributed by atoms with Gasteiger partial charge in [0.15, 0.2) is 0 Å². The summed E-state index contributed by atoms with van der Waals surface area (Å²) in [6.45, 7) is 2.74. The SMILES string of the molecule is CC(=O)NC(CC(=O)N1CC(c2ccc(O)cc2)C1)c1ccc(Cl)cc1. The Bertz CT molecular complexity index is 784. The molecule has 6 heteroatoms. The lowest BCUT2D eigenvalue weighted by molar-refractivity contribution is -0.136. The van der Waals surface area contributed by atoms with Crippen LogP contribution in [0.25, 0.3) is 0 Å². The summed E-state index contributed by atoms with van der Waals surface area (Å²) < 4.78 is 0. The molecule has 0 radical (unpaired) electrons. The number of likely N-dealkylation sites (tertiary alicyclic amines) is 1. The Kier molecular flexibility index (Phi) is 5.47. The fourth-order valence-electron chi connectivity index (χ4n) is 3.14. The van der Waals surface area contributed by atoms with Crippen molar-refractivity contribution in [3.8, 4) is 5.75 Å². The van der Waals surface area contributed by atoms with Gasteiger partial charge >= 0.3 is 0 Å². The Balaban J connectivity index is 1.61. The molecule has 0 spiro atoms. The van der Waals surface area contributed by atoms with Crippen molar-refractivity contribution >= 4 is 23.4 Å². The maximum atomic E-state index is 12.6. The molecule has 136 valence electrons. The quantitative estimate of drug-likeness (QED) is 0.846. The number of nitrogens with one attached hydrogen (secondary N) is 1. The van der Waals surface area contributed by atoms with Crippen molar-refractivity contribution in [3.63, 3.8) is 0 Å². The minimum Gasteiger partial charge on any atom is -0.508 e. The van der Waals surface area contributed by atoms with Crippen molar-refractivity contribution in [2.24, 2.45) is 0 Å². The van der Waals surface area contributed by atoms with Crippen LogP contribution in [0.15, 0.2) is 48.5 Å². The van der Waals surface area contributed by atoms with Crippen molar-refractivity contribution in [2.45, 2.75) is 25.3 Å². The zero-order valence-electron chi connectivity index (χ0n) is 14.5. The average molecular weight is 373 g/mol. The van der Waals surface area contributed by atoms with Crippen molar-refractivity contribution in [2.75, 3.05) is 13.1 Å². The van der Waals surface area contributed by atoms with Crippen LogP contribution in [0.5, 0.6) is 5.75 Å². The number of benzene rings is 2. The standard InChI is InChI=1S/C20H21ClN2O3/c1-13(24)22-19(15-2-6-17(21)7-3-15)10-20(26)23-11-16(12-23)14-4-8-18(25)9-5-14/h2-9,16,19,25H,10-12H2,1H3,(H,22,24). The van der Waals surface area contributed by atoms with Gasteiger partial charge < -0.3 is 15.3 Å². The number of halogens is 1. The first kappa shape index (κ1) is 18.3. The minimum atomic E-state index is -0.370. The number of aromatic hydroxyl groups is 1. The van der Waals surface area contributed by atoms with E-state index in [4.69, 9.17) is 11.6 Å². The van der Waals surface area contributed by atoms with Gasteiger partial charge in [-0.05, 0) is 35.4 Å². The molecule has 1 saturated heterocycles. The molecule has 2 N–H and O–H groups in total. The Hall–Kier alpha value is -2.53. The van der Waals surface area contributed by atoms with Crippen LogP contribution < -0.4 is 5.32 Å². The lowest BCUT2D eigenvalue weighted by atomic mass is 9.90. The minimum absolute atomic E-state index is 0.00808. The van der Waals surface area contributed by atoms with Gasteiger partial charge in [-0.2, -0.15) is 0 Å². The molecule has 0 saturated carbocycles. The number of phenols is 1. The summed E-state index contributed by atoms with van der Waals surface area (Å²) in [4.78, 5) is 25.9. The first-order chi connectivity index (χ1) is 12.4. The smallest absolute Gasteiger partial charge is 0.225 e. The molecule has 1 unspecified atom stereocenters. The van der Waals surface area contributed by atoms with Crippen molar-refractivity contribution < 1.29 is 14.7 Å². The van der Waals surface area contributed by atoms with E-state index in [2.05, 4.69) is 5.32 Å². The number of carbonyl (C=O) groups excluding carboxylic acids is 2. The molecular formula is C20H21ClN2O3. The first-order valence-electron chi connectivity index (χ1n) is 8.51. The van der Waals surface area contributed by atoms with E-state index in [-0.39, 0.29) is 35.9 Å². The van der Waals surface area contributed by atoms with Crippen LogP contribution in [0.2, 0.25) is 5.02 Å². The fraction of sp³-hybridized carbons (Fsp3) is 0.300. The molecule has 2 aromatic carbocycles. The monoisotopic (exact) mass is 372 g/mol. The van der Waals surface area contributed by atoms with Crippen LogP contribution in [-0.2, 0) is 9.59 Å². The van der Waals surface area contributed by atoms with E-state index >= 15 is 0 Å².